The van der Waals surface area contributed by atoms with E-state index in [0.29, 0.717) is 5.92 Å². The Morgan fingerprint density at radius 3 is 2.28 bits per heavy atom. The zero-order valence-corrected chi connectivity index (χ0v) is 10.1. The normalized spacial score (nSPS) is 18.2. The largest absolute Gasteiger partial charge is 0.435 e. The van der Waals surface area contributed by atoms with E-state index in [0.717, 1.165) is 18.4 Å². The van der Waals surface area contributed by atoms with Gasteiger partial charge in [-0.1, -0.05) is 25.0 Å². The molecule has 2 rings (SSSR count). The fourth-order valence-corrected chi connectivity index (χ4v) is 2.65. The molecular formula is C13H18F2N2O. The molecule has 0 saturated heterocycles. The standard InChI is InChI=1S/C13H18F2N2O/c14-13(15)18-11-7-5-10(6-8-11)12(17-16)9-3-1-2-4-9/h5-9,12-13,17H,1-4,16H2. The van der Waals surface area contributed by atoms with Crippen LogP contribution in [0, 0.1) is 5.92 Å². The molecular weight excluding hydrogens is 238 g/mol. The number of alkyl halides is 2. The van der Waals surface area contributed by atoms with Gasteiger partial charge in [0, 0.05) is 6.04 Å². The molecule has 5 heteroatoms. The van der Waals surface area contributed by atoms with Crippen molar-refractivity contribution in [3.05, 3.63) is 29.8 Å². The topological polar surface area (TPSA) is 47.3 Å². The second-order valence-corrected chi connectivity index (χ2v) is 4.64. The Morgan fingerprint density at radius 2 is 1.78 bits per heavy atom. The van der Waals surface area contributed by atoms with Crippen molar-refractivity contribution in [3.8, 4) is 5.75 Å². The SMILES string of the molecule is NNC(c1ccc(OC(F)F)cc1)C1CCCC1. The minimum Gasteiger partial charge on any atom is -0.435 e. The molecule has 1 aromatic rings. The van der Waals surface area contributed by atoms with Crippen molar-refractivity contribution in [2.75, 3.05) is 0 Å². The molecule has 18 heavy (non-hydrogen) atoms. The van der Waals surface area contributed by atoms with Gasteiger partial charge in [-0.2, -0.15) is 8.78 Å². The molecule has 1 saturated carbocycles. The molecule has 1 fully saturated rings. The van der Waals surface area contributed by atoms with Crippen LogP contribution in [0.2, 0.25) is 0 Å². The van der Waals surface area contributed by atoms with E-state index >= 15 is 0 Å². The quantitative estimate of drug-likeness (QED) is 0.629. The summed E-state index contributed by atoms with van der Waals surface area (Å²) in [4.78, 5) is 0. The summed E-state index contributed by atoms with van der Waals surface area (Å²) in [5.74, 6) is 6.30. The number of hydrogen-bond acceptors (Lipinski definition) is 3. The number of hydrazine groups is 1. The van der Waals surface area contributed by atoms with Crippen LogP contribution < -0.4 is 16.0 Å². The summed E-state index contributed by atoms with van der Waals surface area (Å²) in [6.45, 7) is -2.78. The molecule has 100 valence electrons. The number of hydrogen-bond donors (Lipinski definition) is 2. The molecule has 1 aromatic carbocycles. The van der Waals surface area contributed by atoms with Gasteiger partial charge in [-0.25, -0.2) is 0 Å². The van der Waals surface area contributed by atoms with Crippen LogP contribution in [0.5, 0.6) is 5.75 Å². The Morgan fingerprint density at radius 1 is 1.17 bits per heavy atom. The van der Waals surface area contributed by atoms with Crippen LogP contribution in [0.15, 0.2) is 24.3 Å². The summed E-state index contributed by atoms with van der Waals surface area (Å²) in [6, 6.07) is 6.79. The highest BCUT2D eigenvalue weighted by Crippen LogP contribution is 2.35. The highest BCUT2D eigenvalue weighted by Gasteiger charge is 2.25. The molecule has 0 radical (unpaired) electrons. The smallest absolute Gasteiger partial charge is 0.387 e. The first-order chi connectivity index (χ1) is 8.70. The molecule has 0 aliphatic heterocycles. The zero-order valence-electron chi connectivity index (χ0n) is 10.1. The van der Waals surface area contributed by atoms with E-state index in [2.05, 4.69) is 10.2 Å². The van der Waals surface area contributed by atoms with Crippen molar-refractivity contribution in [2.45, 2.75) is 38.3 Å². The summed E-state index contributed by atoms with van der Waals surface area (Å²) in [5, 5.41) is 0. The van der Waals surface area contributed by atoms with Crippen LogP contribution in [0.3, 0.4) is 0 Å². The first-order valence-electron chi connectivity index (χ1n) is 6.21. The molecule has 1 aliphatic carbocycles. The molecule has 0 bridgehead atoms. The minimum atomic E-state index is -2.78. The average molecular weight is 256 g/mol. The Labute approximate surface area is 105 Å². The van der Waals surface area contributed by atoms with Crippen molar-refractivity contribution < 1.29 is 13.5 Å². The molecule has 0 heterocycles. The molecule has 0 aromatic heterocycles. The lowest BCUT2D eigenvalue weighted by Gasteiger charge is -2.23. The number of halogens is 2. The van der Waals surface area contributed by atoms with Gasteiger partial charge in [-0.3, -0.25) is 11.3 Å². The third kappa shape index (κ3) is 3.17. The zero-order chi connectivity index (χ0) is 13.0. The van der Waals surface area contributed by atoms with E-state index in [4.69, 9.17) is 5.84 Å². The van der Waals surface area contributed by atoms with E-state index in [-0.39, 0.29) is 11.8 Å². The Hall–Kier alpha value is -1.20. The molecule has 1 unspecified atom stereocenters. The molecule has 1 aliphatic rings. The molecule has 0 amide bonds. The maximum absolute atomic E-state index is 12.0. The van der Waals surface area contributed by atoms with Gasteiger partial charge < -0.3 is 4.74 Å². The monoisotopic (exact) mass is 256 g/mol. The number of benzene rings is 1. The summed E-state index contributed by atoms with van der Waals surface area (Å²) in [7, 11) is 0. The fourth-order valence-electron chi connectivity index (χ4n) is 2.65. The summed E-state index contributed by atoms with van der Waals surface area (Å²) >= 11 is 0. The Balaban J connectivity index is 2.06. The maximum Gasteiger partial charge on any atom is 0.387 e. The van der Waals surface area contributed by atoms with Crippen LogP contribution in [0.1, 0.15) is 37.3 Å². The van der Waals surface area contributed by atoms with E-state index in [9.17, 15) is 8.78 Å². The summed E-state index contributed by atoms with van der Waals surface area (Å²) in [5.41, 5.74) is 3.85. The van der Waals surface area contributed by atoms with E-state index in [1.54, 1.807) is 24.3 Å². The first kappa shape index (κ1) is 13.2. The van der Waals surface area contributed by atoms with Crippen LogP contribution in [0.4, 0.5) is 8.78 Å². The summed E-state index contributed by atoms with van der Waals surface area (Å²) < 4.78 is 28.4. The van der Waals surface area contributed by atoms with Gasteiger partial charge in [-0.05, 0) is 36.5 Å². The number of nitrogens with one attached hydrogen (secondary N) is 1. The third-order valence-corrected chi connectivity index (χ3v) is 3.52. The predicted molar refractivity (Wildman–Crippen MR) is 65.1 cm³/mol. The van der Waals surface area contributed by atoms with Crippen molar-refractivity contribution in [1.29, 1.82) is 0 Å². The average Bonchev–Trinajstić information content (AvgIpc) is 2.85. The number of ether oxygens (including phenoxy) is 1. The van der Waals surface area contributed by atoms with Gasteiger partial charge in [0.2, 0.25) is 0 Å². The van der Waals surface area contributed by atoms with Gasteiger partial charge in [-0.15, -0.1) is 0 Å². The van der Waals surface area contributed by atoms with Gasteiger partial charge >= 0.3 is 6.61 Å². The van der Waals surface area contributed by atoms with Crippen LogP contribution in [-0.2, 0) is 0 Å². The molecule has 3 N–H and O–H groups in total. The van der Waals surface area contributed by atoms with Crippen molar-refractivity contribution in [2.24, 2.45) is 11.8 Å². The third-order valence-electron chi connectivity index (χ3n) is 3.52. The Bertz CT molecular complexity index is 364. The lowest BCUT2D eigenvalue weighted by molar-refractivity contribution is -0.0498. The highest BCUT2D eigenvalue weighted by molar-refractivity contribution is 5.29. The van der Waals surface area contributed by atoms with Crippen LogP contribution in [0.25, 0.3) is 0 Å². The first-order valence-corrected chi connectivity index (χ1v) is 6.21. The van der Waals surface area contributed by atoms with Crippen molar-refractivity contribution in [1.82, 2.24) is 5.43 Å². The second kappa shape index (κ2) is 6.11. The highest BCUT2D eigenvalue weighted by atomic mass is 19.3. The fraction of sp³-hybridized carbons (Fsp3) is 0.538. The molecule has 3 nitrogen and oxygen atoms in total. The number of nitrogens with two attached hydrogens (primary N) is 1. The van der Waals surface area contributed by atoms with E-state index < -0.39 is 6.61 Å². The van der Waals surface area contributed by atoms with Crippen LogP contribution >= 0.6 is 0 Å². The minimum absolute atomic E-state index is 0.0908. The van der Waals surface area contributed by atoms with Gasteiger partial charge in [0.1, 0.15) is 5.75 Å². The Kier molecular flexibility index (Phi) is 4.49. The van der Waals surface area contributed by atoms with Crippen molar-refractivity contribution >= 4 is 0 Å². The lowest BCUT2D eigenvalue weighted by Crippen LogP contribution is -2.32. The van der Waals surface area contributed by atoms with Gasteiger partial charge in [0.15, 0.2) is 0 Å². The van der Waals surface area contributed by atoms with Crippen molar-refractivity contribution in [3.63, 3.8) is 0 Å². The van der Waals surface area contributed by atoms with E-state index in [1.165, 1.54) is 12.8 Å². The molecule has 1 atom stereocenters. The summed E-state index contributed by atoms with van der Waals surface area (Å²) in [6.07, 6.45) is 4.78. The predicted octanol–water partition coefficient (Wildman–Crippen LogP) is 2.98. The van der Waals surface area contributed by atoms with Crippen LogP contribution in [-0.4, -0.2) is 6.61 Å². The van der Waals surface area contributed by atoms with Gasteiger partial charge in [0.25, 0.3) is 0 Å². The van der Waals surface area contributed by atoms with Gasteiger partial charge in [0.05, 0.1) is 0 Å². The van der Waals surface area contributed by atoms with E-state index in [1.807, 2.05) is 0 Å². The second-order valence-electron chi connectivity index (χ2n) is 4.64. The molecule has 0 spiro atoms. The lowest BCUT2D eigenvalue weighted by atomic mass is 9.92. The number of rotatable bonds is 5. The maximum atomic E-state index is 12.0.